The molecule has 9 nitrogen and oxygen atoms in total. The van der Waals surface area contributed by atoms with E-state index in [2.05, 4.69) is 10.6 Å². The smallest absolute Gasteiger partial charge is 0.338 e. The summed E-state index contributed by atoms with van der Waals surface area (Å²) in [6.45, 7) is 3.99. The first-order valence-corrected chi connectivity index (χ1v) is 10.1. The topological polar surface area (TPSA) is 114 Å². The molecule has 30 heavy (non-hydrogen) atoms. The second-order valence-corrected chi connectivity index (χ2v) is 7.60. The molecule has 9 heteroatoms. The van der Waals surface area contributed by atoms with E-state index >= 15 is 0 Å². The molecule has 0 bridgehead atoms. The molecular formula is C21H27N3O6. The number of fused-ring (bicyclic) bond motifs is 3. The zero-order valence-corrected chi connectivity index (χ0v) is 17.4. The SMILES string of the molecule is CC[C@@H](C)[C@@H](NC(=O)COC(=O)c1ccc2c(c1)NC(=O)[C@H]1CCCN21)C(=O)OC. The van der Waals surface area contributed by atoms with Gasteiger partial charge in [0, 0.05) is 6.54 Å². The van der Waals surface area contributed by atoms with E-state index in [0.717, 1.165) is 25.1 Å². The highest BCUT2D eigenvalue weighted by atomic mass is 16.5. The molecule has 1 fully saturated rings. The number of carbonyl (C=O) groups is 4. The molecule has 0 radical (unpaired) electrons. The summed E-state index contributed by atoms with van der Waals surface area (Å²) in [5.41, 5.74) is 1.66. The van der Waals surface area contributed by atoms with Gasteiger partial charge in [-0.25, -0.2) is 9.59 Å². The van der Waals surface area contributed by atoms with Gasteiger partial charge in [-0.15, -0.1) is 0 Å². The minimum atomic E-state index is -0.807. The first-order chi connectivity index (χ1) is 14.3. The lowest BCUT2D eigenvalue weighted by atomic mass is 9.99. The summed E-state index contributed by atoms with van der Waals surface area (Å²) in [5, 5.41) is 5.39. The Kier molecular flexibility index (Phi) is 6.59. The second-order valence-electron chi connectivity index (χ2n) is 7.60. The van der Waals surface area contributed by atoms with Crippen molar-refractivity contribution in [1.29, 1.82) is 0 Å². The van der Waals surface area contributed by atoms with Crippen molar-refractivity contribution in [3.8, 4) is 0 Å². The number of methoxy groups -OCH3 is 1. The Morgan fingerprint density at radius 2 is 2.10 bits per heavy atom. The van der Waals surface area contributed by atoms with Crippen LogP contribution in [0.4, 0.5) is 11.4 Å². The molecule has 2 N–H and O–H groups in total. The number of hydrogen-bond acceptors (Lipinski definition) is 7. The van der Waals surface area contributed by atoms with Crippen molar-refractivity contribution in [3.05, 3.63) is 23.8 Å². The van der Waals surface area contributed by atoms with Crippen LogP contribution in [0.2, 0.25) is 0 Å². The average Bonchev–Trinajstić information content (AvgIpc) is 3.25. The number of nitrogens with one attached hydrogen (secondary N) is 2. The van der Waals surface area contributed by atoms with Crippen LogP contribution in [-0.4, -0.2) is 56.1 Å². The maximum Gasteiger partial charge on any atom is 0.338 e. The predicted molar refractivity (Wildman–Crippen MR) is 109 cm³/mol. The molecule has 0 unspecified atom stereocenters. The molecule has 0 saturated carbocycles. The summed E-state index contributed by atoms with van der Waals surface area (Å²) >= 11 is 0. The van der Waals surface area contributed by atoms with Crippen LogP contribution in [0.15, 0.2) is 18.2 Å². The van der Waals surface area contributed by atoms with Crippen molar-refractivity contribution in [2.45, 2.75) is 45.2 Å². The Morgan fingerprint density at radius 1 is 1.33 bits per heavy atom. The largest absolute Gasteiger partial charge is 0.467 e. The second kappa shape index (κ2) is 9.15. The third-order valence-corrected chi connectivity index (χ3v) is 5.67. The Balaban J connectivity index is 1.61. The van der Waals surface area contributed by atoms with Crippen LogP contribution < -0.4 is 15.5 Å². The van der Waals surface area contributed by atoms with Gasteiger partial charge in [-0.3, -0.25) is 9.59 Å². The van der Waals surface area contributed by atoms with Crippen molar-refractivity contribution in [3.63, 3.8) is 0 Å². The van der Waals surface area contributed by atoms with E-state index in [0.29, 0.717) is 12.1 Å². The summed E-state index contributed by atoms with van der Waals surface area (Å²) in [6.07, 6.45) is 2.42. The number of hydrogen-bond donors (Lipinski definition) is 2. The molecule has 2 heterocycles. The van der Waals surface area contributed by atoms with Crippen LogP contribution in [-0.2, 0) is 23.9 Å². The number of carbonyl (C=O) groups excluding carboxylic acids is 4. The van der Waals surface area contributed by atoms with E-state index < -0.39 is 30.5 Å². The first-order valence-electron chi connectivity index (χ1n) is 10.1. The van der Waals surface area contributed by atoms with Crippen LogP contribution in [0.25, 0.3) is 0 Å². The molecule has 1 aromatic rings. The molecule has 2 amide bonds. The third kappa shape index (κ3) is 4.39. The average molecular weight is 417 g/mol. The summed E-state index contributed by atoms with van der Waals surface area (Å²) in [5.74, 6) is -2.04. The van der Waals surface area contributed by atoms with Crippen LogP contribution in [0.5, 0.6) is 0 Å². The highest BCUT2D eigenvalue weighted by molar-refractivity contribution is 6.05. The zero-order chi connectivity index (χ0) is 21.8. The van der Waals surface area contributed by atoms with Gasteiger partial charge >= 0.3 is 11.9 Å². The number of nitrogens with zero attached hydrogens (tertiary/aromatic N) is 1. The molecule has 3 rings (SSSR count). The lowest BCUT2D eigenvalue weighted by molar-refractivity contribution is -0.147. The van der Waals surface area contributed by atoms with Crippen molar-refractivity contribution in [2.75, 3.05) is 30.5 Å². The standard InChI is InChI=1S/C21H27N3O6/c1-4-12(2)18(21(28)29-3)23-17(25)11-30-20(27)13-7-8-15-14(10-13)22-19(26)16-6-5-9-24(15)16/h7-8,10,12,16,18H,4-6,9,11H2,1-3H3,(H,22,26)(H,23,25)/t12-,16-,18-/m1/s1. The van der Waals surface area contributed by atoms with Gasteiger partial charge in [0.25, 0.3) is 5.91 Å². The number of ether oxygens (including phenoxy) is 2. The van der Waals surface area contributed by atoms with Crippen LogP contribution >= 0.6 is 0 Å². The van der Waals surface area contributed by atoms with E-state index in [9.17, 15) is 19.2 Å². The summed E-state index contributed by atoms with van der Waals surface area (Å²) in [7, 11) is 1.25. The van der Waals surface area contributed by atoms with Crippen molar-refractivity contribution in [1.82, 2.24) is 5.32 Å². The molecule has 2 aliphatic rings. The fraction of sp³-hybridized carbons (Fsp3) is 0.524. The molecule has 3 atom stereocenters. The maximum atomic E-state index is 12.4. The Labute approximate surface area is 175 Å². The van der Waals surface area contributed by atoms with Gasteiger partial charge in [-0.1, -0.05) is 20.3 Å². The maximum absolute atomic E-state index is 12.4. The number of rotatable bonds is 7. The van der Waals surface area contributed by atoms with Crippen molar-refractivity contribution < 1.29 is 28.7 Å². The minimum absolute atomic E-state index is 0.0798. The fourth-order valence-corrected chi connectivity index (χ4v) is 3.78. The number of benzene rings is 1. The van der Waals surface area contributed by atoms with E-state index in [1.54, 1.807) is 18.2 Å². The summed E-state index contributed by atoms with van der Waals surface area (Å²) in [4.78, 5) is 50.7. The van der Waals surface area contributed by atoms with Gasteiger partial charge in [-0.2, -0.15) is 0 Å². The van der Waals surface area contributed by atoms with Crippen molar-refractivity contribution >= 4 is 35.1 Å². The molecular weight excluding hydrogens is 390 g/mol. The van der Waals surface area contributed by atoms with E-state index in [4.69, 9.17) is 9.47 Å². The Hall–Kier alpha value is -3.10. The van der Waals surface area contributed by atoms with Gasteiger partial charge in [0.1, 0.15) is 12.1 Å². The number of esters is 2. The monoisotopic (exact) mass is 417 g/mol. The number of anilines is 2. The lowest BCUT2D eigenvalue weighted by Gasteiger charge is -2.33. The molecule has 1 saturated heterocycles. The normalized spacial score (nSPS) is 19.1. The highest BCUT2D eigenvalue weighted by Crippen LogP contribution is 2.37. The molecule has 0 aromatic heterocycles. The molecule has 162 valence electrons. The highest BCUT2D eigenvalue weighted by Gasteiger charge is 2.36. The van der Waals surface area contributed by atoms with E-state index in [1.165, 1.54) is 7.11 Å². The van der Waals surface area contributed by atoms with Crippen LogP contribution in [0.3, 0.4) is 0 Å². The quantitative estimate of drug-likeness (QED) is 0.646. The van der Waals surface area contributed by atoms with E-state index in [-0.39, 0.29) is 23.4 Å². The van der Waals surface area contributed by atoms with Crippen LogP contribution in [0, 0.1) is 5.92 Å². The Bertz CT molecular complexity index is 855. The van der Waals surface area contributed by atoms with E-state index in [1.807, 2.05) is 18.7 Å². The minimum Gasteiger partial charge on any atom is -0.467 e. The van der Waals surface area contributed by atoms with Gasteiger partial charge < -0.3 is 25.0 Å². The third-order valence-electron chi connectivity index (χ3n) is 5.67. The molecule has 0 aliphatic carbocycles. The molecule has 2 aliphatic heterocycles. The first kappa shape index (κ1) is 21.6. The van der Waals surface area contributed by atoms with Gasteiger partial charge in [0.15, 0.2) is 6.61 Å². The predicted octanol–water partition coefficient (Wildman–Crippen LogP) is 1.47. The molecule has 1 aromatic carbocycles. The number of amides is 2. The lowest BCUT2D eigenvalue weighted by Crippen LogP contribution is -2.47. The Morgan fingerprint density at radius 3 is 2.80 bits per heavy atom. The summed E-state index contributed by atoms with van der Waals surface area (Å²) in [6, 6.07) is 3.98. The fourth-order valence-electron chi connectivity index (χ4n) is 3.78. The van der Waals surface area contributed by atoms with Crippen molar-refractivity contribution in [2.24, 2.45) is 5.92 Å². The van der Waals surface area contributed by atoms with Crippen LogP contribution in [0.1, 0.15) is 43.5 Å². The van der Waals surface area contributed by atoms with Gasteiger partial charge in [0.05, 0.1) is 24.0 Å². The zero-order valence-electron chi connectivity index (χ0n) is 17.4. The van der Waals surface area contributed by atoms with Gasteiger partial charge in [0.2, 0.25) is 5.91 Å². The molecule has 0 spiro atoms. The summed E-state index contributed by atoms with van der Waals surface area (Å²) < 4.78 is 9.82. The van der Waals surface area contributed by atoms with Gasteiger partial charge in [-0.05, 0) is 37.0 Å².